The molecule has 1 N–H and O–H groups in total. The van der Waals surface area contributed by atoms with Crippen LogP contribution < -0.4 is 19.9 Å². The first-order valence-electron chi connectivity index (χ1n) is 6.64. The Hall–Kier alpha value is -2.54. The molecule has 0 radical (unpaired) electrons. The van der Waals surface area contributed by atoms with Crippen molar-refractivity contribution in [2.24, 2.45) is 0 Å². The molecule has 0 saturated carbocycles. The molecule has 2 aromatic rings. The second kappa shape index (κ2) is 8.19. The van der Waals surface area contributed by atoms with Crippen LogP contribution in [0.15, 0.2) is 53.0 Å². The molecule has 6 nitrogen and oxygen atoms in total. The van der Waals surface area contributed by atoms with E-state index in [1.165, 1.54) is 0 Å². The predicted octanol–water partition coefficient (Wildman–Crippen LogP) is 1.60. The zero-order valence-electron chi connectivity index (χ0n) is 12.0. The summed E-state index contributed by atoms with van der Waals surface area (Å²) < 4.78 is 11.2. The number of amides is 1. The van der Waals surface area contributed by atoms with Crippen molar-refractivity contribution in [2.45, 2.75) is 0 Å². The molecule has 0 aliphatic carbocycles. The molecular weight excluding hydrogens is 366 g/mol. The van der Waals surface area contributed by atoms with Crippen LogP contribution in [0.5, 0.6) is 11.5 Å². The monoisotopic (exact) mass is 378 g/mol. The van der Waals surface area contributed by atoms with Gasteiger partial charge in [0.1, 0.15) is 18.1 Å². The summed E-state index contributed by atoms with van der Waals surface area (Å²) in [6.07, 6.45) is 0. The van der Waals surface area contributed by atoms with E-state index in [1.54, 1.807) is 36.4 Å². The highest BCUT2D eigenvalue weighted by molar-refractivity contribution is 9.10. The van der Waals surface area contributed by atoms with Crippen molar-refractivity contribution in [1.29, 1.82) is 0 Å². The van der Waals surface area contributed by atoms with E-state index in [-0.39, 0.29) is 12.5 Å². The van der Waals surface area contributed by atoms with Gasteiger partial charge in [-0.15, -0.1) is 0 Å². The number of carbonyl (C=O) groups is 2. The van der Waals surface area contributed by atoms with E-state index in [9.17, 15) is 14.7 Å². The molecule has 2 rings (SSSR count). The van der Waals surface area contributed by atoms with Crippen LogP contribution in [0.3, 0.4) is 0 Å². The number of halogens is 1. The van der Waals surface area contributed by atoms with Crippen molar-refractivity contribution in [3.05, 3.63) is 53.0 Å². The highest BCUT2D eigenvalue weighted by Crippen LogP contribution is 2.17. The molecule has 0 saturated heterocycles. The molecule has 0 bridgehead atoms. The van der Waals surface area contributed by atoms with Crippen LogP contribution >= 0.6 is 15.9 Å². The molecule has 0 aliphatic heterocycles. The van der Waals surface area contributed by atoms with Crippen molar-refractivity contribution in [3.63, 3.8) is 0 Å². The van der Waals surface area contributed by atoms with E-state index in [2.05, 4.69) is 21.2 Å². The van der Waals surface area contributed by atoms with Crippen LogP contribution in [-0.4, -0.2) is 25.1 Å². The number of benzene rings is 2. The number of anilines is 1. The van der Waals surface area contributed by atoms with Gasteiger partial charge in [-0.05, 0) is 48.5 Å². The van der Waals surface area contributed by atoms with Gasteiger partial charge >= 0.3 is 0 Å². The van der Waals surface area contributed by atoms with Crippen LogP contribution in [0.25, 0.3) is 0 Å². The van der Waals surface area contributed by atoms with Crippen molar-refractivity contribution < 1.29 is 24.2 Å². The number of carboxylic acids is 1. The molecule has 0 heterocycles. The number of hydrogen-bond donors (Lipinski definition) is 1. The molecule has 1 amide bonds. The maximum atomic E-state index is 11.8. The van der Waals surface area contributed by atoms with Crippen molar-refractivity contribution in [1.82, 2.24) is 0 Å². The van der Waals surface area contributed by atoms with Gasteiger partial charge in [0, 0.05) is 10.2 Å². The number of rotatable bonds is 7. The van der Waals surface area contributed by atoms with Gasteiger partial charge in [-0.3, -0.25) is 4.79 Å². The molecule has 0 aliphatic rings. The van der Waals surface area contributed by atoms with E-state index in [0.29, 0.717) is 17.2 Å². The van der Waals surface area contributed by atoms with Crippen LogP contribution in [-0.2, 0) is 9.59 Å². The fourth-order valence-corrected chi connectivity index (χ4v) is 1.92. The van der Waals surface area contributed by atoms with E-state index < -0.39 is 12.6 Å². The second-order valence-corrected chi connectivity index (χ2v) is 5.39. The average molecular weight is 379 g/mol. The Balaban J connectivity index is 1.80. The molecule has 0 fully saturated rings. The zero-order chi connectivity index (χ0) is 16.7. The Labute approximate surface area is 141 Å². The summed E-state index contributed by atoms with van der Waals surface area (Å²) in [5.41, 5.74) is 0.551. The van der Waals surface area contributed by atoms with Crippen LogP contribution in [0.4, 0.5) is 5.69 Å². The molecule has 23 heavy (non-hydrogen) atoms. The number of aliphatic carboxylic acids is 1. The first-order chi connectivity index (χ1) is 11.0. The number of hydrogen-bond acceptors (Lipinski definition) is 5. The van der Waals surface area contributed by atoms with Crippen LogP contribution in [0, 0.1) is 0 Å². The summed E-state index contributed by atoms with van der Waals surface area (Å²) >= 11 is 3.31. The van der Waals surface area contributed by atoms with Gasteiger partial charge < -0.3 is 24.7 Å². The maximum absolute atomic E-state index is 11.8. The lowest BCUT2D eigenvalue weighted by atomic mass is 10.3. The summed E-state index contributed by atoms with van der Waals surface area (Å²) in [6, 6.07) is 13.4. The summed E-state index contributed by atoms with van der Waals surface area (Å²) in [5, 5.41) is 12.9. The molecule has 2 aromatic carbocycles. The van der Waals surface area contributed by atoms with Gasteiger partial charge in [0.25, 0.3) is 5.91 Å². The Morgan fingerprint density at radius 3 is 2.00 bits per heavy atom. The van der Waals surface area contributed by atoms with Gasteiger partial charge in [-0.1, -0.05) is 15.9 Å². The highest BCUT2D eigenvalue weighted by Gasteiger charge is 2.04. The Morgan fingerprint density at radius 2 is 1.43 bits per heavy atom. The Kier molecular flexibility index (Phi) is 5.99. The van der Waals surface area contributed by atoms with E-state index >= 15 is 0 Å². The minimum atomic E-state index is -1.30. The van der Waals surface area contributed by atoms with Gasteiger partial charge in [-0.2, -0.15) is 0 Å². The summed E-state index contributed by atoms with van der Waals surface area (Å²) in [4.78, 5) is 22.1. The third-order valence-electron chi connectivity index (χ3n) is 2.68. The van der Waals surface area contributed by atoms with E-state index in [4.69, 9.17) is 9.47 Å². The van der Waals surface area contributed by atoms with Crippen molar-refractivity contribution in [2.75, 3.05) is 18.5 Å². The lowest BCUT2D eigenvalue weighted by Gasteiger charge is -2.09. The third-order valence-corrected chi connectivity index (χ3v) is 3.21. The molecule has 0 atom stereocenters. The molecule has 0 aromatic heterocycles. The standard InChI is InChI=1S/C16H14BrNO5/c17-11-1-5-13(6-2-11)22-9-15(19)18-12-3-7-14(8-4-12)23-10-16(20)21/h1-8H,9-10H2,(H,18,19)(H,20,21)/p-1. The maximum Gasteiger partial charge on any atom is 0.262 e. The van der Waals surface area contributed by atoms with Gasteiger partial charge in [0.15, 0.2) is 6.61 Å². The third kappa shape index (κ3) is 5.99. The summed E-state index contributed by atoms with van der Waals surface area (Å²) in [7, 11) is 0. The second-order valence-electron chi connectivity index (χ2n) is 4.48. The number of carboxylic acid groups (broad SMARTS) is 1. The Morgan fingerprint density at radius 1 is 0.913 bits per heavy atom. The van der Waals surface area contributed by atoms with Crippen molar-refractivity contribution in [3.8, 4) is 11.5 Å². The first-order valence-corrected chi connectivity index (χ1v) is 7.43. The predicted molar refractivity (Wildman–Crippen MR) is 85.2 cm³/mol. The average Bonchev–Trinajstić information content (AvgIpc) is 2.53. The van der Waals surface area contributed by atoms with Gasteiger partial charge in [0.05, 0.1) is 5.97 Å². The number of nitrogens with one attached hydrogen (secondary N) is 1. The van der Waals surface area contributed by atoms with Crippen molar-refractivity contribution >= 4 is 33.5 Å². The lowest BCUT2D eigenvalue weighted by Crippen LogP contribution is -2.28. The SMILES string of the molecule is O=C([O-])COc1ccc(NC(=O)COc2ccc(Br)cc2)cc1. The van der Waals surface area contributed by atoms with Crippen LogP contribution in [0.2, 0.25) is 0 Å². The normalized spacial score (nSPS) is 9.96. The quantitative estimate of drug-likeness (QED) is 0.790. The molecule has 0 unspecified atom stereocenters. The molecule has 0 spiro atoms. The fraction of sp³-hybridized carbons (Fsp3) is 0.125. The zero-order valence-corrected chi connectivity index (χ0v) is 13.5. The Bertz CT molecular complexity index is 670. The largest absolute Gasteiger partial charge is 0.546 e. The van der Waals surface area contributed by atoms with Crippen LogP contribution in [0.1, 0.15) is 0 Å². The minimum absolute atomic E-state index is 0.120. The fourth-order valence-electron chi connectivity index (χ4n) is 1.65. The summed E-state index contributed by atoms with van der Waals surface area (Å²) in [5.74, 6) is -0.642. The lowest BCUT2D eigenvalue weighted by molar-refractivity contribution is -0.307. The molecule has 7 heteroatoms. The highest BCUT2D eigenvalue weighted by atomic mass is 79.9. The smallest absolute Gasteiger partial charge is 0.262 e. The number of carbonyl (C=O) groups excluding carboxylic acids is 2. The number of ether oxygens (including phenoxy) is 2. The topological polar surface area (TPSA) is 87.7 Å². The molecular formula is C16H13BrNO5-. The summed E-state index contributed by atoms with van der Waals surface area (Å²) in [6.45, 7) is -0.642. The van der Waals surface area contributed by atoms with Gasteiger partial charge in [0.2, 0.25) is 0 Å². The van der Waals surface area contributed by atoms with Gasteiger partial charge in [-0.25, -0.2) is 0 Å². The minimum Gasteiger partial charge on any atom is -0.546 e. The molecule has 120 valence electrons. The van der Waals surface area contributed by atoms with E-state index in [1.807, 2.05) is 12.1 Å². The van der Waals surface area contributed by atoms with E-state index in [0.717, 1.165) is 4.47 Å². The first kappa shape index (κ1) is 16.8.